The van der Waals surface area contributed by atoms with Crippen LogP contribution in [0.5, 0.6) is 0 Å². The second kappa shape index (κ2) is 10.7. The van der Waals surface area contributed by atoms with Crippen molar-refractivity contribution in [1.82, 2.24) is 29.4 Å². The van der Waals surface area contributed by atoms with Crippen LogP contribution in [0, 0.1) is 11.1 Å². The molecule has 3 aromatic heterocycles. The number of ether oxygens (including phenoxy) is 1. The summed E-state index contributed by atoms with van der Waals surface area (Å²) >= 11 is 0. The molecule has 2 aliphatic rings. The normalized spacial score (nSPS) is 26.6. The molecule has 1 saturated heterocycles. The highest BCUT2D eigenvalue weighted by Gasteiger charge is 2.46. The molecule has 0 spiro atoms. The number of anilines is 1. The highest BCUT2D eigenvalue weighted by Crippen LogP contribution is 2.38. The predicted molar refractivity (Wildman–Crippen MR) is 158 cm³/mol. The van der Waals surface area contributed by atoms with Crippen LogP contribution in [0.4, 0.5) is 5.82 Å². The minimum atomic E-state index is -1.14. The van der Waals surface area contributed by atoms with Gasteiger partial charge in [-0.3, -0.25) is 9.47 Å². The molecule has 4 atom stereocenters. The van der Waals surface area contributed by atoms with E-state index in [1.165, 1.54) is 12.7 Å². The number of aliphatic hydroxyl groups excluding tert-OH is 2. The maximum Gasteiger partial charge on any atom is 0.258 e. The molecule has 12 nitrogen and oxygen atoms in total. The number of nitrogens with zero attached hydrogens (tertiary/aromatic N) is 6. The Bertz CT molecular complexity index is 1570. The van der Waals surface area contributed by atoms with E-state index in [-0.39, 0.29) is 17.3 Å². The number of fused-ring (bicyclic) bond motifs is 2. The summed E-state index contributed by atoms with van der Waals surface area (Å²) in [4.78, 5) is 18.2. The van der Waals surface area contributed by atoms with Gasteiger partial charge in [-0.15, -0.1) is 0 Å². The first-order chi connectivity index (χ1) is 19.9. The van der Waals surface area contributed by atoms with Gasteiger partial charge in [-0.2, -0.15) is 0 Å². The minimum absolute atomic E-state index is 0.0161. The Balaban J connectivity index is 1.07. The van der Waals surface area contributed by atoms with Crippen LogP contribution in [0.3, 0.4) is 0 Å². The van der Waals surface area contributed by atoms with Gasteiger partial charge in [0.15, 0.2) is 28.7 Å². The summed E-state index contributed by atoms with van der Waals surface area (Å²) in [7, 11) is 0. The number of benzene rings is 1. The van der Waals surface area contributed by atoms with E-state index in [1.54, 1.807) is 4.57 Å². The molecule has 1 aliphatic heterocycles. The summed E-state index contributed by atoms with van der Waals surface area (Å²) in [6, 6.07) is 6.68. The highest BCUT2D eigenvalue weighted by molar-refractivity contribution is 5.81. The molecule has 0 bridgehead atoms. The molecule has 4 heterocycles. The van der Waals surface area contributed by atoms with E-state index >= 15 is 0 Å². The van der Waals surface area contributed by atoms with Crippen LogP contribution < -0.4 is 10.5 Å². The van der Waals surface area contributed by atoms with Gasteiger partial charge in [0.2, 0.25) is 0 Å². The number of aryl methyl sites for hydroxylation is 1. The molecule has 42 heavy (non-hydrogen) atoms. The number of nitrogen functional groups attached to an aromatic ring is 1. The number of imidazole rings is 2. The maximum atomic E-state index is 13.0. The number of nitrogens with one attached hydrogen (secondary N) is 1. The average Bonchev–Trinajstić information content (AvgIpc) is 3.56. The number of rotatable bonds is 8. The molecular weight excluding hydrogens is 536 g/mol. The third kappa shape index (κ3) is 5.10. The summed E-state index contributed by atoms with van der Waals surface area (Å²) < 4.78 is 8.89. The van der Waals surface area contributed by atoms with E-state index < -0.39 is 24.5 Å². The van der Waals surface area contributed by atoms with E-state index in [0.717, 1.165) is 35.1 Å². The largest absolute Gasteiger partial charge is 0.710 e. The zero-order valence-corrected chi connectivity index (χ0v) is 24.9. The molecule has 12 heteroatoms. The topological polar surface area (TPSA) is 165 Å². The number of aromatic nitrogens is 6. The van der Waals surface area contributed by atoms with Gasteiger partial charge in [-0.1, -0.05) is 26.8 Å². The number of aliphatic hydroxyl groups is 2. The van der Waals surface area contributed by atoms with Crippen molar-refractivity contribution in [2.75, 3.05) is 12.3 Å². The Morgan fingerprint density at radius 3 is 2.67 bits per heavy atom. The average molecular weight is 579 g/mol. The van der Waals surface area contributed by atoms with Crippen molar-refractivity contribution < 1.29 is 19.7 Å². The van der Waals surface area contributed by atoms with Crippen LogP contribution in [0.15, 0.2) is 30.9 Å². The summed E-state index contributed by atoms with van der Waals surface area (Å²) in [5, 5.41) is 34.9. The Morgan fingerprint density at radius 2 is 1.95 bits per heavy atom. The van der Waals surface area contributed by atoms with Crippen LogP contribution >= 0.6 is 0 Å². The smallest absolute Gasteiger partial charge is 0.258 e. The molecule has 6 rings (SSSR count). The van der Waals surface area contributed by atoms with Gasteiger partial charge >= 0.3 is 0 Å². The summed E-state index contributed by atoms with van der Waals surface area (Å²) in [6.07, 6.45) is 2.92. The quantitative estimate of drug-likeness (QED) is 0.182. The van der Waals surface area contributed by atoms with Gasteiger partial charge in [0, 0.05) is 25.0 Å². The van der Waals surface area contributed by atoms with Gasteiger partial charge in [0.25, 0.3) is 5.82 Å². The first kappa shape index (κ1) is 28.8. The molecule has 4 aromatic rings. The van der Waals surface area contributed by atoms with Crippen molar-refractivity contribution in [2.24, 2.45) is 5.92 Å². The first-order valence-electron chi connectivity index (χ1n) is 14.9. The van der Waals surface area contributed by atoms with E-state index in [9.17, 15) is 15.4 Å². The van der Waals surface area contributed by atoms with Gasteiger partial charge in [0.1, 0.15) is 30.2 Å². The monoisotopic (exact) mass is 578 g/mol. The van der Waals surface area contributed by atoms with Crippen LogP contribution in [-0.2, 0) is 16.6 Å². The van der Waals surface area contributed by atoms with Gasteiger partial charge in [-0.05, 0) is 62.1 Å². The Labute approximate surface area is 245 Å². The van der Waals surface area contributed by atoms with Crippen molar-refractivity contribution in [3.05, 3.63) is 47.4 Å². The van der Waals surface area contributed by atoms with E-state index in [1.807, 2.05) is 12.1 Å². The number of nitrogens with two attached hydrogens (primary N) is 1. The Hall–Kier alpha value is -3.32. The molecule has 1 aliphatic carbocycles. The minimum Gasteiger partial charge on any atom is -0.710 e. The third-order valence-electron chi connectivity index (χ3n) is 9.13. The zero-order valence-electron chi connectivity index (χ0n) is 24.9. The summed E-state index contributed by atoms with van der Waals surface area (Å²) in [5.41, 5.74) is 9.50. The zero-order chi connectivity index (χ0) is 29.9. The fraction of sp³-hybridized carbons (Fsp3) is 0.600. The van der Waals surface area contributed by atoms with Crippen LogP contribution in [0.1, 0.15) is 71.5 Å². The lowest BCUT2D eigenvalue weighted by atomic mass is 9.76. The van der Waals surface area contributed by atoms with Crippen molar-refractivity contribution in [3.8, 4) is 0 Å². The predicted octanol–water partition coefficient (Wildman–Crippen LogP) is 2.56. The molecule has 0 radical (unpaired) electrons. The van der Waals surface area contributed by atoms with Crippen molar-refractivity contribution >= 4 is 28.0 Å². The molecule has 2 fully saturated rings. The third-order valence-corrected chi connectivity index (χ3v) is 9.13. The van der Waals surface area contributed by atoms with Crippen LogP contribution in [0.25, 0.3) is 22.2 Å². The lowest BCUT2D eigenvalue weighted by molar-refractivity contribution is -0.586. The van der Waals surface area contributed by atoms with Crippen LogP contribution in [0.2, 0.25) is 0 Å². The van der Waals surface area contributed by atoms with E-state index in [4.69, 9.17) is 10.5 Å². The fourth-order valence-electron chi connectivity index (χ4n) is 6.49. The van der Waals surface area contributed by atoms with Gasteiger partial charge in [0.05, 0.1) is 6.33 Å². The van der Waals surface area contributed by atoms with Crippen molar-refractivity contribution in [1.29, 1.82) is 0 Å². The SMILES string of the molecule is CC(C)N(C[C@H]1O[C@@H](n2cnc3c(N)ncnc32)[C@H](O)[C@@H]1O)[C@H]1C[C@H](CCc2[nH]c3ccc(C(C)(C)C)cc3[n+]2[O-])C1. The lowest BCUT2D eigenvalue weighted by Gasteiger charge is -2.46. The Kier molecular flexibility index (Phi) is 7.37. The number of aromatic amines is 1. The lowest BCUT2D eigenvalue weighted by Crippen LogP contribution is -2.52. The van der Waals surface area contributed by atoms with Crippen molar-refractivity contribution in [2.45, 2.75) is 102 Å². The molecule has 226 valence electrons. The van der Waals surface area contributed by atoms with Crippen molar-refractivity contribution in [3.63, 3.8) is 0 Å². The van der Waals surface area contributed by atoms with Gasteiger partial charge in [-0.25, -0.2) is 24.7 Å². The van der Waals surface area contributed by atoms with E-state index in [0.29, 0.717) is 47.4 Å². The maximum absolute atomic E-state index is 13.0. The molecule has 1 aromatic carbocycles. The number of hydrogen-bond acceptors (Lipinski definition) is 9. The second-order valence-electron chi connectivity index (χ2n) is 13.3. The first-order valence-corrected chi connectivity index (χ1v) is 14.9. The second-order valence-corrected chi connectivity index (χ2v) is 13.3. The highest BCUT2D eigenvalue weighted by atomic mass is 16.6. The number of hydrogen-bond donors (Lipinski definition) is 4. The molecular formula is C30H42N8O4. The van der Waals surface area contributed by atoms with Gasteiger partial charge < -0.3 is 25.9 Å². The van der Waals surface area contributed by atoms with E-state index in [2.05, 4.69) is 65.5 Å². The number of H-pyrrole nitrogens is 1. The summed E-state index contributed by atoms with van der Waals surface area (Å²) in [5.74, 6) is 1.47. The Morgan fingerprint density at radius 1 is 1.19 bits per heavy atom. The van der Waals surface area contributed by atoms with Crippen LogP contribution in [-0.4, -0.2) is 76.6 Å². The molecule has 5 N–H and O–H groups in total. The fourth-order valence-corrected chi connectivity index (χ4v) is 6.49. The molecule has 0 unspecified atom stereocenters. The standard InChI is InChI=1S/C30H42N8O4/c1-16(2)36(13-22-25(39)26(40)29(42-22)37-15-34-24-27(31)32-14-33-28(24)37)19-10-17(11-19)6-9-23-35-20-8-7-18(30(3,4)5)12-21(20)38(23)41/h7-8,12,14-17,19,22,25-26,29,35,39-40H,6,9-11,13H2,1-5H3,(H2,31,32,33)/t17-,19-,22-,25-,26-,29-/m1/s1. The molecule has 1 saturated carbocycles. The molecule has 0 amide bonds. The summed E-state index contributed by atoms with van der Waals surface area (Å²) in [6.45, 7) is 11.2.